The molecule has 2 fully saturated rings. The lowest BCUT2D eigenvalue weighted by Crippen LogP contribution is -2.50. The van der Waals surface area contributed by atoms with Crippen molar-refractivity contribution in [2.24, 2.45) is 5.92 Å². The fourth-order valence-corrected chi connectivity index (χ4v) is 5.36. The number of amides is 2. The lowest BCUT2D eigenvalue weighted by Gasteiger charge is -2.30. The number of halogens is 2. The molecular weight excluding hydrogens is 560 g/mol. The van der Waals surface area contributed by atoms with E-state index in [4.69, 9.17) is 14.0 Å². The van der Waals surface area contributed by atoms with Crippen LogP contribution in [0.3, 0.4) is 0 Å². The van der Waals surface area contributed by atoms with E-state index < -0.39 is 35.6 Å². The van der Waals surface area contributed by atoms with Crippen LogP contribution in [0.4, 0.5) is 19.6 Å². The molecule has 0 saturated carbocycles. The maximum Gasteiger partial charge on any atom is 0.408 e. The Kier molecular flexibility index (Phi) is 10.8. The van der Waals surface area contributed by atoms with Gasteiger partial charge >= 0.3 is 12.1 Å². The second-order valence-electron chi connectivity index (χ2n) is 12.8. The first-order valence-corrected chi connectivity index (χ1v) is 15.3. The van der Waals surface area contributed by atoms with Crippen molar-refractivity contribution in [3.63, 3.8) is 0 Å². The van der Waals surface area contributed by atoms with Gasteiger partial charge in [0.05, 0.1) is 13.2 Å². The van der Waals surface area contributed by atoms with Gasteiger partial charge in [0.25, 0.3) is 0 Å². The van der Waals surface area contributed by atoms with Gasteiger partial charge in [-0.05, 0) is 70.4 Å². The van der Waals surface area contributed by atoms with Crippen molar-refractivity contribution in [1.82, 2.24) is 20.4 Å². The van der Waals surface area contributed by atoms with E-state index in [9.17, 15) is 14.0 Å². The van der Waals surface area contributed by atoms with Crippen molar-refractivity contribution in [2.45, 2.75) is 96.9 Å². The van der Waals surface area contributed by atoms with Crippen LogP contribution in [0, 0.1) is 11.7 Å². The maximum atomic E-state index is 15.1. The van der Waals surface area contributed by atoms with Crippen molar-refractivity contribution in [3.8, 4) is 5.75 Å². The summed E-state index contributed by atoms with van der Waals surface area (Å²) in [7, 11) is 0. The van der Waals surface area contributed by atoms with Crippen LogP contribution in [0.2, 0.25) is 0 Å². The third-order valence-corrected chi connectivity index (χ3v) is 7.74. The molecule has 10 nitrogen and oxygen atoms in total. The minimum atomic E-state index is -1.11. The number of rotatable bonds is 11. The Hall–Kier alpha value is -3.44. The number of nitrogens with one attached hydrogen (secondary N) is 1. The summed E-state index contributed by atoms with van der Waals surface area (Å²) in [4.78, 5) is 33.6. The van der Waals surface area contributed by atoms with Gasteiger partial charge in [-0.3, -0.25) is 4.79 Å². The van der Waals surface area contributed by atoms with E-state index in [0.717, 1.165) is 44.6 Å². The lowest BCUT2D eigenvalue weighted by atomic mass is 9.92. The van der Waals surface area contributed by atoms with Gasteiger partial charge in [-0.1, -0.05) is 25.1 Å². The van der Waals surface area contributed by atoms with Gasteiger partial charge in [0.2, 0.25) is 5.91 Å². The van der Waals surface area contributed by atoms with E-state index in [1.165, 1.54) is 11.0 Å². The molecule has 1 aromatic heterocycles. The van der Waals surface area contributed by atoms with Crippen molar-refractivity contribution in [3.05, 3.63) is 35.4 Å². The molecule has 3 heterocycles. The summed E-state index contributed by atoms with van der Waals surface area (Å²) in [5, 5.41) is 6.61. The monoisotopic (exact) mass is 605 g/mol. The molecule has 4 rings (SSSR count). The second kappa shape index (κ2) is 14.4. The molecule has 0 spiro atoms. The first-order chi connectivity index (χ1) is 20.4. The van der Waals surface area contributed by atoms with E-state index in [2.05, 4.69) is 20.4 Å². The van der Waals surface area contributed by atoms with E-state index in [0.29, 0.717) is 24.3 Å². The summed E-state index contributed by atoms with van der Waals surface area (Å²) in [5.41, 5.74) is -0.532. The number of ether oxygens (including phenoxy) is 2. The molecule has 2 aromatic rings. The lowest BCUT2D eigenvalue weighted by molar-refractivity contribution is -0.132. The molecule has 238 valence electrons. The molecule has 1 N–H and O–H groups in total. The summed E-state index contributed by atoms with van der Waals surface area (Å²) in [5.74, 6) is 0.920. The normalized spacial score (nSPS) is 18.7. The molecule has 0 bridgehead atoms. The number of piperidine rings is 1. The number of benzene rings is 1. The van der Waals surface area contributed by atoms with Crippen LogP contribution in [-0.2, 0) is 16.0 Å². The van der Waals surface area contributed by atoms with E-state index >= 15 is 4.39 Å². The SMILES string of the molecule is CC(C)c1noc(N2CCC(CCCOc3ccc(C[C@H](NC(=O)OC(C)(C)C)C(=O)N4CCC(F)C4)c(F)c3)CC2)n1. The zero-order valence-corrected chi connectivity index (χ0v) is 25.9. The summed E-state index contributed by atoms with van der Waals surface area (Å²) in [6.07, 6.45) is 2.15. The Bertz CT molecular complexity index is 1230. The molecule has 43 heavy (non-hydrogen) atoms. The molecule has 1 aromatic carbocycles. The number of carbonyl (C=O) groups is 2. The first-order valence-electron chi connectivity index (χ1n) is 15.3. The Morgan fingerprint density at radius 1 is 1.16 bits per heavy atom. The maximum absolute atomic E-state index is 15.1. The summed E-state index contributed by atoms with van der Waals surface area (Å²) >= 11 is 0. The summed E-state index contributed by atoms with van der Waals surface area (Å²) in [6, 6.07) is 4.02. The van der Waals surface area contributed by atoms with Crippen molar-refractivity contribution in [2.75, 3.05) is 37.7 Å². The van der Waals surface area contributed by atoms with Gasteiger partial charge in [-0.15, -0.1) is 0 Å². The standard InChI is InChI=1S/C31H45F2N5O5/c1-20(2)27-35-29(43-36-27)37-13-10-21(11-14-37)7-6-16-41-24-9-8-22(25(33)18-24)17-26(34-30(40)42-31(3,4)5)28(39)38-15-12-23(32)19-38/h8-9,18,20-21,23,26H,6-7,10-17,19H2,1-5H3,(H,34,40)/t23?,26-/m0/s1. The predicted octanol–water partition coefficient (Wildman–Crippen LogP) is 5.41. The topological polar surface area (TPSA) is 110 Å². The molecule has 0 aliphatic carbocycles. The highest BCUT2D eigenvalue weighted by molar-refractivity contribution is 5.86. The smallest absolute Gasteiger partial charge is 0.408 e. The highest BCUT2D eigenvalue weighted by Gasteiger charge is 2.33. The highest BCUT2D eigenvalue weighted by Crippen LogP contribution is 2.27. The van der Waals surface area contributed by atoms with E-state index in [1.54, 1.807) is 32.9 Å². The molecule has 2 aliphatic heterocycles. The fraction of sp³-hybridized carbons (Fsp3) is 0.677. The highest BCUT2D eigenvalue weighted by atomic mass is 19.1. The number of hydrogen-bond donors (Lipinski definition) is 1. The molecule has 2 aliphatic rings. The van der Waals surface area contributed by atoms with Crippen molar-refractivity contribution in [1.29, 1.82) is 0 Å². The third kappa shape index (κ3) is 9.53. The minimum absolute atomic E-state index is 0.0441. The van der Waals surface area contributed by atoms with Crippen LogP contribution in [0.5, 0.6) is 5.75 Å². The van der Waals surface area contributed by atoms with E-state index in [-0.39, 0.29) is 37.4 Å². The Morgan fingerprint density at radius 3 is 2.51 bits per heavy atom. The summed E-state index contributed by atoms with van der Waals surface area (Å²) in [6.45, 7) is 11.6. The van der Waals surface area contributed by atoms with Crippen LogP contribution in [0.1, 0.15) is 84.0 Å². The number of hydrogen-bond acceptors (Lipinski definition) is 8. The van der Waals surface area contributed by atoms with Crippen molar-refractivity contribution >= 4 is 18.0 Å². The molecule has 12 heteroatoms. The van der Waals surface area contributed by atoms with Crippen LogP contribution in [-0.4, -0.2) is 77.6 Å². The largest absolute Gasteiger partial charge is 0.493 e. The Balaban J connectivity index is 1.25. The quantitative estimate of drug-likeness (QED) is 0.339. The minimum Gasteiger partial charge on any atom is -0.493 e. The molecule has 2 saturated heterocycles. The third-order valence-electron chi connectivity index (χ3n) is 7.74. The second-order valence-corrected chi connectivity index (χ2v) is 12.8. The number of nitrogens with zero attached hydrogens (tertiary/aromatic N) is 4. The first kappa shape index (κ1) is 32.5. The molecule has 0 radical (unpaired) electrons. The zero-order valence-electron chi connectivity index (χ0n) is 25.9. The van der Waals surface area contributed by atoms with Crippen LogP contribution in [0.25, 0.3) is 0 Å². The van der Waals surface area contributed by atoms with Gasteiger partial charge in [-0.2, -0.15) is 4.98 Å². The average Bonchev–Trinajstić information content (AvgIpc) is 3.61. The van der Waals surface area contributed by atoms with Crippen LogP contribution < -0.4 is 15.0 Å². The van der Waals surface area contributed by atoms with Crippen molar-refractivity contribution < 1.29 is 32.4 Å². The van der Waals surface area contributed by atoms with Gasteiger partial charge < -0.3 is 29.1 Å². The average molecular weight is 606 g/mol. The van der Waals surface area contributed by atoms with Crippen LogP contribution in [0.15, 0.2) is 22.7 Å². The number of carbonyl (C=O) groups excluding carboxylic acids is 2. The van der Waals surface area contributed by atoms with E-state index in [1.807, 2.05) is 13.8 Å². The number of alkyl halides is 1. The molecule has 2 atom stereocenters. The number of aromatic nitrogens is 2. The van der Waals surface area contributed by atoms with Gasteiger partial charge in [0.1, 0.15) is 29.4 Å². The molecular formula is C31H45F2N5O5. The molecule has 2 amide bonds. The van der Waals surface area contributed by atoms with Crippen LogP contribution >= 0.6 is 0 Å². The zero-order chi connectivity index (χ0) is 31.1. The van der Waals surface area contributed by atoms with Gasteiger partial charge in [0.15, 0.2) is 5.82 Å². The predicted molar refractivity (Wildman–Crippen MR) is 157 cm³/mol. The number of likely N-dealkylation sites (tertiary alicyclic amines) is 1. The Labute approximate surface area is 252 Å². The number of alkyl carbamates (subject to hydrolysis) is 1. The molecule has 1 unspecified atom stereocenters. The summed E-state index contributed by atoms with van der Waals surface area (Å²) < 4.78 is 45.4. The van der Waals surface area contributed by atoms with Gasteiger partial charge in [-0.25, -0.2) is 13.6 Å². The Morgan fingerprint density at radius 2 is 1.91 bits per heavy atom. The van der Waals surface area contributed by atoms with Gasteiger partial charge in [0, 0.05) is 38.0 Å². The number of anilines is 1. The fourth-order valence-electron chi connectivity index (χ4n) is 5.36.